The molecule has 0 radical (unpaired) electrons. The van der Waals surface area contributed by atoms with E-state index in [1.807, 2.05) is 12.1 Å². The highest BCUT2D eigenvalue weighted by Gasteiger charge is 2.05. The maximum absolute atomic E-state index is 10.7. The third-order valence-electron chi connectivity index (χ3n) is 2.79. The van der Waals surface area contributed by atoms with Crippen molar-refractivity contribution in [2.45, 2.75) is 13.5 Å². The van der Waals surface area contributed by atoms with Gasteiger partial charge in [0.1, 0.15) is 0 Å². The molecule has 0 bridgehead atoms. The lowest BCUT2D eigenvalue weighted by atomic mass is 10.2. The minimum absolute atomic E-state index is 0.123. The SMILES string of the molecule is Cc1ccc(NCc2cccc([N+](=O)[O-])c2)cc1I. The number of hydrogen-bond acceptors (Lipinski definition) is 3. The van der Waals surface area contributed by atoms with E-state index in [9.17, 15) is 10.1 Å². The number of non-ortho nitro benzene ring substituents is 1. The standard InChI is InChI=1S/C14H13IN2O2/c1-10-5-6-12(8-14(10)15)16-9-11-3-2-4-13(7-11)17(18)19/h2-8,16H,9H2,1H3. The summed E-state index contributed by atoms with van der Waals surface area (Å²) in [5.41, 5.74) is 3.27. The van der Waals surface area contributed by atoms with Crippen LogP contribution in [0.4, 0.5) is 11.4 Å². The van der Waals surface area contributed by atoms with Gasteiger partial charge >= 0.3 is 0 Å². The van der Waals surface area contributed by atoms with E-state index >= 15 is 0 Å². The molecule has 0 aromatic heterocycles. The van der Waals surface area contributed by atoms with E-state index in [4.69, 9.17) is 0 Å². The first-order valence-electron chi connectivity index (χ1n) is 5.79. The highest BCUT2D eigenvalue weighted by molar-refractivity contribution is 14.1. The van der Waals surface area contributed by atoms with Crippen LogP contribution in [0, 0.1) is 20.6 Å². The van der Waals surface area contributed by atoms with Crippen molar-refractivity contribution in [1.29, 1.82) is 0 Å². The summed E-state index contributed by atoms with van der Waals surface area (Å²) in [6.45, 7) is 2.63. The van der Waals surface area contributed by atoms with E-state index in [0.717, 1.165) is 11.3 Å². The molecule has 4 nitrogen and oxygen atoms in total. The topological polar surface area (TPSA) is 55.2 Å². The van der Waals surface area contributed by atoms with Crippen LogP contribution >= 0.6 is 22.6 Å². The number of nitrogens with one attached hydrogen (secondary N) is 1. The smallest absolute Gasteiger partial charge is 0.269 e. The molecule has 2 aromatic carbocycles. The van der Waals surface area contributed by atoms with Crippen molar-refractivity contribution < 1.29 is 4.92 Å². The van der Waals surface area contributed by atoms with Crippen molar-refractivity contribution in [2.24, 2.45) is 0 Å². The number of anilines is 1. The highest BCUT2D eigenvalue weighted by atomic mass is 127. The summed E-state index contributed by atoms with van der Waals surface area (Å²) < 4.78 is 1.20. The number of hydrogen-bond donors (Lipinski definition) is 1. The van der Waals surface area contributed by atoms with Crippen LogP contribution in [0.3, 0.4) is 0 Å². The predicted octanol–water partition coefficient (Wildman–Crippen LogP) is 4.12. The second-order valence-corrected chi connectivity index (χ2v) is 5.41. The molecule has 98 valence electrons. The number of nitro benzene ring substituents is 1. The molecule has 0 aliphatic heterocycles. The Bertz CT molecular complexity index is 614. The van der Waals surface area contributed by atoms with Crippen LogP contribution in [0.2, 0.25) is 0 Å². The summed E-state index contributed by atoms with van der Waals surface area (Å²) in [6, 6.07) is 12.8. The minimum atomic E-state index is -0.377. The Labute approximate surface area is 125 Å². The highest BCUT2D eigenvalue weighted by Crippen LogP contribution is 2.19. The maximum atomic E-state index is 10.7. The van der Waals surface area contributed by atoms with Gasteiger partial charge in [0.15, 0.2) is 0 Å². The molecular formula is C14H13IN2O2. The molecular weight excluding hydrogens is 355 g/mol. The number of nitro groups is 1. The summed E-state index contributed by atoms with van der Waals surface area (Å²) in [6.07, 6.45) is 0. The molecule has 0 amide bonds. The zero-order valence-corrected chi connectivity index (χ0v) is 12.5. The molecule has 2 rings (SSSR count). The summed E-state index contributed by atoms with van der Waals surface area (Å²) in [5, 5.41) is 14.0. The Morgan fingerprint density at radius 3 is 2.74 bits per heavy atom. The lowest BCUT2D eigenvalue weighted by Gasteiger charge is -2.08. The van der Waals surface area contributed by atoms with E-state index in [1.165, 1.54) is 15.2 Å². The minimum Gasteiger partial charge on any atom is -0.381 e. The zero-order valence-electron chi connectivity index (χ0n) is 10.4. The molecule has 0 spiro atoms. The number of benzene rings is 2. The predicted molar refractivity (Wildman–Crippen MR) is 84.3 cm³/mol. The van der Waals surface area contributed by atoms with Crippen LogP contribution < -0.4 is 5.32 Å². The third-order valence-corrected chi connectivity index (χ3v) is 3.95. The summed E-state index contributed by atoms with van der Waals surface area (Å²) in [7, 11) is 0. The molecule has 0 saturated carbocycles. The Morgan fingerprint density at radius 1 is 1.26 bits per heavy atom. The average Bonchev–Trinajstić information content (AvgIpc) is 2.40. The quantitative estimate of drug-likeness (QED) is 0.502. The van der Waals surface area contributed by atoms with Gasteiger partial charge in [-0.25, -0.2) is 0 Å². The van der Waals surface area contributed by atoms with Gasteiger partial charge in [-0.1, -0.05) is 18.2 Å². The second-order valence-electron chi connectivity index (χ2n) is 4.24. The number of aryl methyl sites for hydroxylation is 1. The fourth-order valence-corrected chi connectivity index (χ4v) is 2.20. The summed E-state index contributed by atoms with van der Waals surface area (Å²) >= 11 is 2.29. The largest absolute Gasteiger partial charge is 0.381 e. The molecule has 1 N–H and O–H groups in total. The Balaban J connectivity index is 2.07. The Morgan fingerprint density at radius 2 is 2.05 bits per heavy atom. The number of rotatable bonds is 4. The van der Waals surface area contributed by atoms with Gasteiger partial charge in [0.2, 0.25) is 0 Å². The van der Waals surface area contributed by atoms with Crippen LogP contribution in [-0.2, 0) is 6.54 Å². The molecule has 0 fully saturated rings. The van der Waals surface area contributed by atoms with Gasteiger partial charge in [-0.2, -0.15) is 0 Å². The molecule has 0 atom stereocenters. The van der Waals surface area contributed by atoms with Crippen molar-refractivity contribution in [2.75, 3.05) is 5.32 Å². The molecule has 19 heavy (non-hydrogen) atoms. The van der Waals surface area contributed by atoms with E-state index in [0.29, 0.717) is 6.54 Å². The van der Waals surface area contributed by atoms with Gasteiger partial charge < -0.3 is 5.32 Å². The van der Waals surface area contributed by atoms with Crippen molar-refractivity contribution >= 4 is 34.0 Å². The van der Waals surface area contributed by atoms with E-state index in [2.05, 4.69) is 47.0 Å². The van der Waals surface area contributed by atoms with Gasteiger partial charge in [0.25, 0.3) is 5.69 Å². The van der Waals surface area contributed by atoms with Crippen molar-refractivity contribution in [3.8, 4) is 0 Å². The third kappa shape index (κ3) is 3.66. The first-order valence-corrected chi connectivity index (χ1v) is 6.87. The Kier molecular flexibility index (Phi) is 4.36. The molecule has 0 aliphatic rings. The van der Waals surface area contributed by atoms with Crippen molar-refractivity contribution in [1.82, 2.24) is 0 Å². The fourth-order valence-electron chi connectivity index (χ4n) is 1.69. The van der Waals surface area contributed by atoms with Crippen LogP contribution in [0.1, 0.15) is 11.1 Å². The van der Waals surface area contributed by atoms with E-state index in [-0.39, 0.29) is 10.6 Å². The Hall–Kier alpha value is -1.63. The van der Waals surface area contributed by atoms with Crippen LogP contribution in [0.5, 0.6) is 0 Å². The first-order chi connectivity index (χ1) is 9.06. The van der Waals surface area contributed by atoms with Crippen molar-refractivity contribution in [3.63, 3.8) is 0 Å². The number of nitrogens with zero attached hydrogens (tertiary/aromatic N) is 1. The lowest BCUT2D eigenvalue weighted by Crippen LogP contribution is -2.00. The normalized spacial score (nSPS) is 10.2. The van der Waals surface area contributed by atoms with Gasteiger partial charge in [-0.3, -0.25) is 10.1 Å². The van der Waals surface area contributed by atoms with Crippen LogP contribution in [-0.4, -0.2) is 4.92 Å². The van der Waals surface area contributed by atoms with Crippen LogP contribution in [0.25, 0.3) is 0 Å². The van der Waals surface area contributed by atoms with E-state index in [1.54, 1.807) is 12.1 Å². The maximum Gasteiger partial charge on any atom is 0.269 e. The monoisotopic (exact) mass is 368 g/mol. The van der Waals surface area contributed by atoms with Gasteiger partial charge in [-0.05, 0) is 52.8 Å². The van der Waals surface area contributed by atoms with Gasteiger partial charge in [0.05, 0.1) is 4.92 Å². The van der Waals surface area contributed by atoms with Crippen molar-refractivity contribution in [3.05, 3.63) is 67.3 Å². The molecule has 0 heterocycles. The average molecular weight is 368 g/mol. The molecule has 0 saturated heterocycles. The van der Waals surface area contributed by atoms with Gasteiger partial charge in [0, 0.05) is 27.9 Å². The van der Waals surface area contributed by atoms with Gasteiger partial charge in [-0.15, -0.1) is 0 Å². The second kappa shape index (κ2) is 6.01. The van der Waals surface area contributed by atoms with Crippen LogP contribution in [0.15, 0.2) is 42.5 Å². The summed E-state index contributed by atoms with van der Waals surface area (Å²) in [5.74, 6) is 0. The molecule has 2 aromatic rings. The summed E-state index contributed by atoms with van der Waals surface area (Å²) in [4.78, 5) is 10.3. The molecule has 0 unspecified atom stereocenters. The first kappa shape index (κ1) is 13.8. The number of halogens is 1. The molecule has 0 aliphatic carbocycles. The van der Waals surface area contributed by atoms with E-state index < -0.39 is 0 Å². The lowest BCUT2D eigenvalue weighted by molar-refractivity contribution is -0.384. The molecule has 5 heteroatoms. The fraction of sp³-hybridized carbons (Fsp3) is 0.143. The zero-order chi connectivity index (χ0) is 13.8.